The minimum Gasteiger partial charge on any atom is -0.369 e. The van der Waals surface area contributed by atoms with E-state index in [-0.39, 0.29) is 11.8 Å². The molecule has 0 radical (unpaired) electrons. The quantitative estimate of drug-likeness (QED) is 0.407. The van der Waals surface area contributed by atoms with E-state index in [1.807, 2.05) is 12.1 Å². The van der Waals surface area contributed by atoms with Crippen molar-refractivity contribution in [3.63, 3.8) is 0 Å². The standard InChI is InChI=1S/C22H28OSi/c1-5-12-21(18-17-19-13-8-6-9-14-19)23-22(24(2,3)4)20-15-10-7-11-16-20/h5-11,13-18,21-22H,1,12H2,2-4H3/b18-17+/t21-,22-/m0/s1. The van der Waals surface area contributed by atoms with Gasteiger partial charge in [-0.2, -0.15) is 0 Å². The van der Waals surface area contributed by atoms with E-state index in [0.717, 1.165) is 6.42 Å². The van der Waals surface area contributed by atoms with Crippen LogP contribution in [-0.2, 0) is 4.74 Å². The molecule has 0 aliphatic rings. The zero-order valence-electron chi connectivity index (χ0n) is 15.0. The van der Waals surface area contributed by atoms with Crippen molar-refractivity contribution in [2.75, 3.05) is 0 Å². The van der Waals surface area contributed by atoms with Crippen molar-refractivity contribution in [3.8, 4) is 0 Å². The lowest BCUT2D eigenvalue weighted by atomic mass is 10.1. The zero-order chi connectivity index (χ0) is 17.4. The van der Waals surface area contributed by atoms with Crippen LogP contribution in [0.4, 0.5) is 0 Å². The first kappa shape index (κ1) is 18.4. The topological polar surface area (TPSA) is 9.23 Å². The van der Waals surface area contributed by atoms with Gasteiger partial charge in [-0.1, -0.05) is 98.5 Å². The summed E-state index contributed by atoms with van der Waals surface area (Å²) >= 11 is 0. The van der Waals surface area contributed by atoms with Crippen LogP contribution in [0.25, 0.3) is 6.08 Å². The maximum atomic E-state index is 6.57. The van der Waals surface area contributed by atoms with Crippen LogP contribution in [0.2, 0.25) is 19.6 Å². The summed E-state index contributed by atoms with van der Waals surface area (Å²) in [6, 6.07) is 20.9. The monoisotopic (exact) mass is 336 g/mol. The molecular weight excluding hydrogens is 308 g/mol. The molecule has 0 unspecified atom stereocenters. The summed E-state index contributed by atoms with van der Waals surface area (Å²) in [5.74, 6) is 0. The van der Waals surface area contributed by atoms with Crippen molar-refractivity contribution in [3.05, 3.63) is 90.5 Å². The average Bonchev–Trinajstić information content (AvgIpc) is 2.58. The molecule has 0 heterocycles. The van der Waals surface area contributed by atoms with Gasteiger partial charge in [-0.15, -0.1) is 6.58 Å². The van der Waals surface area contributed by atoms with Crippen LogP contribution < -0.4 is 0 Å². The van der Waals surface area contributed by atoms with Crippen LogP contribution in [0.15, 0.2) is 79.4 Å². The molecule has 0 fully saturated rings. The number of rotatable bonds is 8. The Morgan fingerprint density at radius 1 is 0.958 bits per heavy atom. The first-order chi connectivity index (χ1) is 11.5. The summed E-state index contributed by atoms with van der Waals surface area (Å²) in [5, 5.41) is 0. The fraction of sp³-hybridized carbons (Fsp3) is 0.273. The molecule has 2 aromatic rings. The number of hydrogen-bond acceptors (Lipinski definition) is 1. The van der Waals surface area contributed by atoms with Gasteiger partial charge >= 0.3 is 0 Å². The van der Waals surface area contributed by atoms with Crippen LogP contribution in [0.3, 0.4) is 0 Å². The van der Waals surface area contributed by atoms with E-state index in [9.17, 15) is 0 Å². The lowest BCUT2D eigenvalue weighted by Gasteiger charge is -2.32. The van der Waals surface area contributed by atoms with E-state index in [4.69, 9.17) is 4.74 Å². The van der Waals surface area contributed by atoms with Crippen molar-refractivity contribution in [2.24, 2.45) is 0 Å². The van der Waals surface area contributed by atoms with E-state index < -0.39 is 8.07 Å². The predicted molar refractivity (Wildman–Crippen MR) is 108 cm³/mol. The van der Waals surface area contributed by atoms with Crippen molar-refractivity contribution >= 4 is 14.1 Å². The highest BCUT2D eigenvalue weighted by atomic mass is 28.3. The van der Waals surface area contributed by atoms with Gasteiger partial charge in [0.15, 0.2) is 0 Å². The van der Waals surface area contributed by atoms with Crippen molar-refractivity contribution in [1.29, 1.82) is 0 Å². The minimum atomic E-state index is -1.52. The second-order valence-corrected chi connectivity index (χ2v) is 12.4. The maximum Gasteiger partial charge on any atom is 0.0842 e. The van der Waals surface area contributed by atoms with Crippen molar-refractivity contribution < 1.29 is 4.74 Å². The Labute approximate surface area is 147 Å². The molecule has 2 atom stereocenters. The normalized spacial score (nSPS) is 14.5. The van der Waals surface area contributed by atoms with E-state index in [2.05, 4.69) is 93.0 Å². The first-order valence-electron chi connectivity index (χ1n) is 8.55. The van der Waals surface area contributed by atoms with Crippen LogP contribution >= 0.6 is 0 Å². The molecule has 0 aliphatic heterocycles. The molecule has 0 amide bonds. The van der Waals surface area contributed by atoms with Gasteiger partial charge in [-0.25, -0.2) is 0 Å². The number of hydrogen-bond donors (Lipinski definition) is 0. The van der Waals surface area contributed by atoms with Gasteiger partial charge in [0.1, 0.15) is 0 Å². The second kappa shape index (κ2) is 8.81. The molecule has 2 heteroatoms. The summed E-state index contributed by atoms with van der Waals surface area (Å²) in [4.78, 5) is 0. The minimum absolute atomic E-state index is 0.0413. The highest BCUT2D eigenvalue weighted by Crippen LogP contribution is 2.30. The lowest BCUT2D eigenvalue weighted by Crippen LogP contribution is -2.35. The first-order valence-corrected chi connectivity index (χ1v) is 12.1. The summed E-state index contributed by atoms with van der Waals surface area (Å²) < 4.78 is 6.57. The molecule has 0 spiro atoms. The van der Waals surface area contributed by atoms with Crippen molar-refractivity contribution in [1.82, 2.24) is 0 Å². The van der Waals surface area contributed by atoms with Crippen LogP contribution in [0, 0.1) is 0 Å². The van der Waals surface area contributed by atoms with Crippen LogP contribution in [-0.4, -0.2) is 14.2 Å². The molecule has 2 aromatic carbocycles. The maximum absolute atomic E-state index is 6.57. The highest BCUT2D eigenvalue weighted by Gasteiger charge is 2.30. The molecule has 24 heavy (non-hydrogen) atoms. The molecule has 0 bridgehead atoms. The molecule has 0 aromatic heterocycles. The second-order valence-electron chi connectivity index (χ2n) is 7.13. The van der Waals surface area contributed by atoms with Gasteiger partial charge in [0.25, 0.3) is 0 Å². The molecule has 126 valence electrons. The predicted octanol–water partition coefficient (Wildman–Crippen LogP) is 6.28. The molecule has 0 aliphatic carbocycles. The van der Waals surface area contributed by atoms with Gasteiger partial charge in [0, 0.05) is 0 Å². The fourth-order valence-electron chi connectivity index (χ4n) is 2.71. The lowest BCUT2D eigenvalue weighted by molar-refractivity contribution is 0.0561. The Hall–Kier alpha value is -1.90. The summed E-state index contributed by atoms with van der Waals surface area (Å²) in [6.07, 6.45) is 7.09. The van der Waals surface area contributed by atoms with Crippen LogP contribution in [0.1, 0.15) is 23.3 Å². The molecule has 0 saturated heterocycles. The Kier molecular flexibility index (Phi) is 6.77. The van der Waals surface area contributed by atoms with Gasteiger partial charge in [0.05, 0.1) is 19.9 Å². The van der Waals surface area contributed by atoms with E-state index >= 15 is 0 Å². The zero-order valence-corrected chi connectivity index (χ0v) is 16.0. The fourth-order valence-corrected chi connectivity index (χ4v) is 4.49. The summed E-state index contributed by atoms with van der Waals surface area (Å²) in [6.45, 7) is 11.0. The number of ether oxygens (including phenoxy) is 1. The van der Waals surface area contributed by atoms with Gasteiger partial charge in [-0.05, 0) is 17.5 Å². The Morgan fingerprint density at radius 3 is 2.08 bits per heavy atom. The van der Waals surface area contributed by atoms with Gasteiger partial charge in [-0.3, -0.25) is 0 Å². The highest BCUT2D eigenvalue weighted by molar-refractivity contribution is 6.77. The number of benzene rings is 2. The largest absolute Gasteiger partial charge is 0.369 e. The smallest absolute Gasteiger partial charge is 0.0842 e. The molecule has 0 N–H and O–H groups in total. The Morgan fingerprint density at radius 2 is 1.54 bits per heavy atom. The van der Waals surface area contributed by atoms with Gasteiger partial charge in [0.2, 0.25) is 0 Å². The Bertz CT molecular complexity index is 641. The third-order valence-electron chi connectivity index (χ3n) is 3.90. The molecular formula is C22H28OSi. The van der Waals surface area contributed by atoms with E-state index in [0.29, 0.717) is 0 Å². The summed E-state index contributed by atoms with van der Waals surface area (Å²) in [7, 11) is -1.52. The van der Waals surface area contributed by atoms with E-state index in [1.165, 1.54) is 11.1 Å². The third kappa shape index (κ3) is 5.62. The van der Waals surface area contributed by atoms with E-state index in [1.54, 1.807) is 0 Å². The molecule has 0 saturated carbocycles. The van der Waals surface area contributed by atoms with Gasteiger partial charge < -0.3 is 4.74 Å². The molecule has 2 rings (SSSR count). The average molecular weight is 337 g/mol. The third-order valence-corrected chi connectivity index (χ3v) is 5.94. The van der Waals surface area contributed by atoms with Crippen molar-refractivity contribution in [2.45, 2.75) is 37.9 Å². The molecule has 1 nitrogen and oxygen atoms in total. The summed E-state index contributed by atoms with van der Waals surface area (Å²) in [5.41, 5.74) is 2.64. The Balaban J connectivity index is 2.20. The van der Waals surface area contributed by atoms with Crippen LogP contribution in [0.5, 0.6) is 0 Å². The SMILES string of the molecule is C=CC[C@@H](/C=C/c1ccccc1)O[C@H](c1ccccc1)[Si](C)(C)C.